The second kappa shape index (κ2) is 10.3. The molecule has 196 valence electrons. The average molecular weight is 533 g/mol. The van der Waals surface area contributed by atoms with Crippen molar-refractivity contribution in [2.45, 2.75) is 13.5 Å². The number of hydrogen-bond acceptors (Lipinski definition) is 6. The fourth-order valence-corrected chi connectivity index (χ4v) is 3.55. The highest BCUT2D eigenvalue weighted by molar-refractivity contribution is 6.32. The van der Waals surface area contributed by atoms with E-state index in [-0.39, 0.29) is 34.3 Å². The largest absolute Gasteiger partial charge is 0.493 e. The molecule has 0 N–H and O–H groups in total. The van der Waals surface area contributed by atoms with E-state index in [1.54, 1.807) is 0 Å². The van der Waals surface area contributed by atoms with Crippen LogP contribution in [0.4, 0.5) is 33.3 Å². The van der Waals surface area contributed by atoms with Crippen LogP contribution in [0.3, 0.4) is 0 Å². The third kappa shape index (κ3) is 4.77. The number of benzene rings is 3. The van der Waals surface area contributed by atoms with Crippen molar-refractivity contribution in [2.75, 3.05) is 12.1 Å². The summed E-state index contributed by atoms with van der Waals surface area (Å²) in [7, 11) is 1.36. The lowest BCUT2D eigenvalue weighted by atomic mass is 10.1. The predicted molar refractivity (Wildman–Crippen MR) is 125 cm³/mol. The Labute approximate surface area is 211 Å². The van der Waals surface area contributed by atoms with Crippen LogP contribution in [-0.4, -0.2) is 23.7 Å². The molecule has 38 heavy (non-hydrogen) atoms. The molecule has 4 rings (SSSR count). The molecule has 8 nitrogen and oxygen atoms in total. The number of hydrazone groups is 1. The SMILES string of the molecule is COc1cc(/C=C2/C(=O)N(c3c(F)c(F)c(F)c(F)c3F)N=C2C)ccc1OCc1ccc([N+](=O)[O-])cc1. The van der Waals surface area contributed by atoms with Gasteiger partial charge in [0, 0.05) is 12.1 Å². The van der Waals surface area contributed by atoms with Crippen LogP contribution in [0.5, 0.6) is 11.5 Å². The van der Waals surface area contributed by atoms with Crippen LogP contribution in [0.25, 0.3) is 6.08 Å². The molecular weight excluding hydrogens is 517 g/mol. The van der Waals surface area contributed by atoms with Crippen molar-refractivity contribution in [1.29, 1.82) is 0 Å². The molecule has 1 aliphatic heterocycles. The number of carbonyl (C=O) groups is 1. The Balaban J connectivity index is 1.58. The number of anilines is 1. The number of amides is 1. The molecule has 3 aromatic rings. The number of rotatable bonds is 7. The number of hydrogen-bond donors (Lipinski definition) is 0. The number of halogens is 5. The van der Waals surface area contributed by atoms with Crippen LogP contribution in [0.2, 0.25) is 0 Å². The zero-order valence-electron chi connectivity index (χ0n) is 19.6. The first kappa shape index (κ1) is 26.3. The number of nitro benzene ring substituents is 1. The van der Waals surface area contributed by atoms with Crippen molar-refractivity contribution in [1.82, 2.24) is 0 Å². The van der Waals surface area contributed by atoms with Crippen molar-refractivity contribution in [3.63, 3.8) is 0 Å². The van der Waals surface area contributed by atoms with Crippen LogP contribution in [0.15, 0.2) is 53.1 Å². The van der Waals surface area contributed by atoms with Gasteiger partial charge in [-0.05, 0) is 48.4 Å². The van der Waals surface area contributed by atoms with Gasteiger partial charge in [-0.2, -0.15) is 10.1 Å². The standard InChI is InChI=1S/C25H16F5N3O5/c1-12-16(25(34)32(31-12)24-22(29)20(27)19(26)21(28)23(24)30)9-14-5-8-17(18(10-14)37-2)38-11-13-3-6-15(7-4-13)33(35)36/h3-10H,11H2,1-2H3/b16-9+. The van der Waals surface area contributed by atoms with E-state index in [2.05, 4.69) is 5.10 Å². The van der Waals surface area contributed by atoms with Gasteiger partial charge in [-0.3, -0.25) is 14.9 Å². The molecule has 13 heteroatoms. The zero-order chi connectivity index (χ0) is 27.7. The molecule has 0 unspecified atom stereocenters. The van der Waals surface area contributed by atoms with E-state index in [1.165, 1.54) is 62.6 Å². The predicted octanol–water partition coefficient (Wildman–Crippen LogP) is 5.68. The van der Waals surface area contributed by atoms with E-state index < -0.39 is 45.6 Å². The third-order valence-corrected chi connectivity index (χ3v) is 5.50. The highest BCUT2D eigenvalue weighted by atomic mass is 19.2. The highest BCUT2D eigenvalue weighted by Crippen LogP contribution is 2.35. The van der Waals surface area contributed by atoms with Crippen LogP contribution in [-0.2, 0) is 11.4 Å². The van der Waals surface area contributed by atoms with E-state index in [0.29, 0.717) is 16.9 Å². The minimum Gasteiger partial charge on any atom is -0.493 e. The molecule has 3 aromatic carbocycles. The molecule has 0 fully saturated rings. The molecule has 0 spiro atoms. The maximum atomic E-state index is 14.2. The minimum absolute atomic E-state index is 0.0311. The zero-order valence-corrected chi connectivity index (χ0v) is 19.6. The second-order valence-corrected chi connectivity index (χ2v) is 7.90. The Morgan fingerprint density at radius 3 is 2.13 bits per heavy atom. The Bertz CT molecular complexity index is 1490. The van der Waals surface area contributed by atoms with Crippen molar-refractivity contribution in [2.24, 2.45) is 5.10 Å². The van der Waals surface area contributed by atoms with Gasteiger partial charge in [-0.15, -0.1) is 0 Å². The summed E-state index contributed by atoms with van der Waals surface area (Å²) in [5, 5.41) is 14.6. The summed E-state index contributed by atoms with van der Waals surface area (Å²) >= 11 is 0. The quantitative estimate of drug-likeness (QED) is 0.0973. The summed E-state index contributed by atoms with van der Waals surface area (Å²) in [4.78, 5) is 23.1. The third-order valence-electron chi connectivity index (χ3n) is 5.50. The first-order chi connectivity index (χ1) is 18.0. The fourth-order valence-electron chi connectivity index (χ4n) is 3.55. The Morgan fingerprint density at radius 1 is 0.947 bits per heavy atom. The maximum Gasteiger partial charge on any atom is 0.280 e. The van der Waals surface area contributed by atoms with E-state index in [0.717, 1.165) is 0 Å². The molecule has 0 saturated carbocycles. The van der Waals surface area contributed by atoms with Gasteiger partial charge in [-0.1, -0.05) is 6.07 Å². The number of non-ortho nitro benzene ring substituents is 1. The van der Waals surface area contributed by atoms with Gasteiger partial charge < -0.3 is 9.47 Å². The van der Waals surface area contributed by atoms with Gasteiger partial charge in [0.05, 0.1) is 23.3 Å². The molecule has 1 aliphatic rings. The van der Waals surface area contributed by atoms with E-state index >= 15 is 0 Å². The molecule has 0 radical (unpaired) electrons. The second-order valence-electron chi connectivity index (χ2n) is 7.90. The van der Waals surface area contributed by atoms with Gasteiger partial charge in [0.2, 0.25) is 5.82 Å². The number of carbonyl (C=O) groups excluding carboxylic acids is 1. The lowest BCUT2D eigenvalue weighted by molar-refractivity contribution is -0.384. The summed E-state index contributed by atoms with van der Waals surface area (Å²) in [5.74, 6) is -11.7. The van der Waals surface area contributed by atoms with Crippen molar-refractivity contribution in [3.05, 3.63) is 98.4 Å². The highest BCUT2D eigenvalue weighted by Gasteiger charge is 2.37. The summed E-state index contributed by atoms with van der Waals surface area (Å²) in [6.07, 6.45) is 1.30. The number of ether oxygens (including phenoxy) is 2. The summed E-state index contributed by atoms with van der Waals surface area (Å²) in [6, 6.07) is 10.3. The Morgan fingerprint density at radius 2 is 1.55 bits per heavy atom. The Kier molecular flexibility index (Phi) is 7.10. The van der Waals surface area contributed by atoms with E-state index in [4.69, 9.17) is 9.47 Å². The van der Waals surface area contributed by atoms with Gasteiger partial charge in [0.25, 0.3) is 11.6 Å². The van der Waals surface area contributed by atoms with Crippen molar-refractivity contribution < 1.29 is 41.1 Å². The first-order valence-electron chi connectivity index (χ1n) is 10.7. The molecule has 0 saturated heterocycles. The molecular formula is C25H16F5N3O5. The smallest absolute Gasteiger partial charge is 0.280 e. The van der Waals surface area contributed by atoms with Crippen LogP contribution < -0.4 is 14.5 Å². The van der Waals surface area contributed by atoms with Gasteiger partial charge in [-0.25, -0.2) is 22.0 Å². The number of nitrogens with zero attached hydrogens (tertiary/aromatic N) is 3. The van der Waals surface area contributed by atoms with Gasteiger partial charge in [0.15, 0.2) is 34.8 Å². The minimum atomic E-state index is -2.35. The van der Waals surface area contributed by atoms with Crippen LogP contribution in [0.1, 0.15) is 18.1 Å². The topological polar surface area (TPSA) is 94.3 Å². The van der Waals surface area contributed by atoms with Crippen molar-refractivity contribution >= 4 is 29.1 Å². The number of nitro groups is 1. The maximum absolute atomic E-state index is 14.2. The first-order valence-corrected chi connectivity index (χ1v) is 10.7. The summed E-state index contributed by atoms with van der Waals surface area (Å²) < 4.78 is 80.2. The molecule has 1 amide bonds. The summed E-state index contributed by atoms with van der Waals surface area (Å²) in [6.45, 7) is 1.39. The molecule has 0 atom stereocenters. The van der Waals surface area contributed by atoms with Crippen LogP contribution >= 0.6 is 0 Å². The molecule has 0 bridgehead atoms. The van der Waals surface area contributed by atoms with Crippen LogP contribution in [0, 0.1) is 39.2 Å². The lowest BCUT2D eigenvalue weighted by Gasteiger charge is -2.15. The Hall–Kier alpha value is -4.81. The van der Waals surface area contributed by atoms with E-state index in [1.807, 2.05) is 0 Å². The number of methoxy groups -OCH3 is 1. The van der Waals surface area contributed by atoms with E-state index in [9.17, 15) is 36.9 Å². The summed E-state index contributed by atoms with van der Waals surface area (Å²) in [5.41, 5.74) is -0.710. The fraction of sp³-hybridized carbons (Fsp3) is 0.120. The average Bonchev–Trinajstić information content (AvgIpc) is 3.18. The monoisotopic (exact) mass is 533 g/mol. The molecule has 0 aromatic heterocycles. The van der Waals surface area contributed by atoms with Gasteiger partial charge in [0.1, 0.15) is 12.3 Å². The normalized spacial score (nSPS) is 14.2. The van der Waals surface area contributed by atoms with Crippen molar-refractivity contribution in [3.8, 4) is 11.5 Å². The molecule has 1 heterocycles. The van der Waals surface area contributed by atoms with Gasteiger partial charge >= 0.3 is 0 Å². The lowest BCUT2D eigenvalue weighted by Crippen LogP contribution is -2.25. The molecule has 0 aliphatic carbocycles.